The van der Waals surface area contributed by atoms with Crippen LogP contribution >= 0.6 is 0 Å². The topological polar surface area (TPSA) is 60.4 Å². The number of allylic oxidation sites excluding steroid dienone is 2. The number of Topliss-reactive ketones (excluding diaryl/α,β-unsaturated/α-hetero) is 2. The molecule has 3 atom stereocenters. The molecule has 4 heteroatoms. The summed E-state index contributed by atoms with van der Waals surface area (Å²) in [7, 11) is 1.41. The Morgan fingerprint density at radius 2 is 1.79 bits per heavy atom. The van der Waals surface area contributed by atoms with E-state index in [0.29, 0.717) is 49.1 Å². The highest BCUT2D eigenvalue weighted by Crippen LogP contribution is 2.39. The molecule has 1 rings (SSSR count). The number of hydrogen-bond donors (Lipinski definition) is 0. The van der Waals surface area contributed by atoms with Crippen LogP contribution in [0.3, 0.4) is 0 Å². The Morgan fingerprint density at radius 1 is 1.04 bits per heavy atom. The normalized spacial score (nSPS) is 22.1. The molecule has 1 saturated carbocycles. The van der Waals surface area contributed by atoms with Crippen molar-refractivity contribution in [3.05, 3.63) is 12.2 Å². The molecule has 4 nitrogen and oxygen atoms in total. The molecule has 0 aromatic heterocycles. The second-order valence-electron chi connectivity index (χ2n) is 8.34. The van der Waals surface area contributed by atoms with Crippen LogP contribution in [-0.2, 0) is 19.1 Å². The molecule has 0 amide bonds. The lowest BCUT2D eigenvalue weighted by atomic mass is 9.83. The van der Waals surface area contributed by atoms with Crippen molar-refractivity contribution in [2.24, 2.45) is 17.8 Å². The summed E-state index contributed by atoms with van der Waals surface area (Å²) in [6, 6.07) is 0. The zero-order valence-corrected chi connectivity index (χ0v) is 18.2. The van der Waals surface area contributed by atoms with Crippen LogP contribution in [0.25, 0.3) is 0 Å². The van der Waals surface area contributed by atoms with E-state index < -0.39 is 0 Å². The van der Waals surface area contributed by atoms with E-state index in [1.54, 1.807) is 0 Å². The van der Waals surface area contributed by atoms with Crippen molar-refractivity contribution in [1.29, 1.82) is 0 Å². The summed E-state index contributed by atoms with van der Waals surface area (Å²) >= 11 is 0. The molecule has 0 unspecified atom stereocenters. The predicted molar refractivity (Wildman–Crippen MR) is 113 cm³/mol. The minimum Gasteiger partial charge on any atom is -0.469 e. The molecule has 0 bridgehead atoms. The molecule has 0 spiro atoms. The molecule has 1 aliphatic rings. The minimum atomic E-state index is -0.178. The Bertz CT molecular complexity index is 509. The van der Waals surface area contributed by atoms with Crippen molar-refractivity contribution in [2.45, 2.75) is 97.3 Å². The third-order valence-corrected chi connectivity index (χ3v) is 6.04. The van der Waals surface area contributed by atoms with Gasteiger partial charge in [-0.2, -0.15) is 0 Å². The van der Waals surface area contributed by atoms with E-state index in [2.05, 4.69) is 30.7 Å². The number of hydrogen-bond acceptors (Lipinski definition) is 4. The van der Waals surface area contributed by atoms with Gasteiger partial charge in [0.25, 0.3) is 0 Å². The Kier molecular flexibility index (Phi) is 12.8. The minimum absolute atomic E-state index is 0.0595. The molecule has 1 fully saturated rings. The zero-order chi connectivity index (χ0) is 20.8. The monoisotopic (exact) mass is 392 g/mol. The SMILES string of the molecule is CCCCCCCC(=O)CC[C@@H]1[C@H](C)CC(=O)[C@@H]1CC=CCCCC(=O)OC. The maximum atomic E-state index is 12.4. The highest BCUT2D eigenvalue weighted by Gasteiger charge is 2.38. The van der Waals surface area contributed by atoms with Gasteiger partial charge in [-0.15, -0.1) is 0 Å². The Balaban J connectivity index is 2.33. The van der Waals surface area contributed by atoms with E-state index in [9.17, 15) is 14.4 Å². The van der Waals surface area contributed by atoms with Gasteiger partial charge in [-0.1, -0.05) is 51.7 Å². The molecule has 160 valence electrons. The van der Waals surface area contributed by atoms with Gasteiger partial charge in [-0.25, -0.2) is 0 Å². The summed E-state index contributed by atoms with van der Waals surface area (Å²) in [5, 5.41) is 0. The van der Waals surface area contributed by atoms with Crippen LogP contribution in [-0.4, -0.2) is 24.6 Å². The average molecular weight is 393 g/mol. The van der Waals surface area contributed by atoms with Crippen LogP contribution in [0.15, 0.2) is 12.2 Å². The largest absolute Gasteiger partial charge is 0.469 e. The highest BCUT2D eigenvalue weighted by molar-refractivity contribution is 5.84. The fourth-order valence-corrected chi connectivity index (χ4v) is 4.25. The molecule has 0 aliphatic heterocycles. The standard InChI is InChI=1S/C24H40O4/c1-4-5-6-7-10-13-20(25)16-17-21-19(2)18-23(26)22(21)14-11-8-9-12-15-24(27)28-3/h8,11,19,21-22H,4-7,9-10,12-18H2,1-3H3/t19-,21-,22-/m1/s1. The van der Waals surface area contributed by atoms with Crippen molar-refractivity contribution in [2.75, 3.05) is 7.11 Å². The predicted octanol–water partition coefficient (Wildman–Crippen LogP) is 5.83. The second-order valence-corrected chi connectivity index (χ2v) is 8.34. The molecule has 0 saturated heterocycles. The van der Waals surface area contributed by atoms with Gasteiger partial charge >= 0.3 is 5.97 Å². The smallest absolute Gasteiger partial charge is 0.305 e. The Hall–Kier alpha value is -1.45. The van der Waals surface area contributed by atoms with E-state index in [1.807, 2.05) is 0 Å². The van der Waals surface area contributed by atoms with E-state index >= 15 is 0 Å². The molecule has 0 radical (unpaired) electrons. The number of unbranched alkanes of at least 4 members (excludes halogenated alkanes) is 5. The van der Waals surface area contributed by atoms with Gasteiger partial charge in [0.05, 0.1) is 7.11 Å². The van der Waals surface area contributed by atoms with Gasteiger partial charge < -0.3 is 4.74 Å². The third-order valence-electron chi connectivity index (χ3n) is 6.04. The number of carbonyl (C=O) groups is 3. The number of methoxy groups -OCH3 is 1. The molecule has 0 heterocycles. The zero-order valence-electron chi connectivity index (χ0n) is 18.2. The number of carbonyl (C=O) groups excluding carboxylic acids is 3. The third kappa shape index (κ3) is 9.66. The average Bonchev–Trinajstić information content (AvgIpc) is 2.94. The first-order chi connectivity index (χ1) is 13.5. The van der Waals surface area contributed by atoms with Gasteiger partial charge in [0, 0.05) is 31.6 Å². The fourth-order valence-electron chi connectivity index (χ4n) is 4.25. The lowest BCUT2D eigenvalue weighted by molar-refractivity contribution is -0.140. The van der Waals surface area contributed by atoms with Gasteiger partial charge in [0.1, 0.15) is 11.6 Å². The van der Waals surface area contributed by atoms with Crippen LogP contribution in [0.5, 0.6) is 0 Å². The highest BCUT2D eigenvalue weighted by atomic mass is 16.5. The van der Waals surface area contributed by atoms with Crippen LogP contribution in [0.2, 0.25) is 0 Å². The van der Waals surface area contributed by atoms with Gasteiger partial charge in [0.2, 0.25) is 0 Å². The lowest BCUT2D eigenvalue weighted by Crippen LogP contribution is -2.17. The summed E-state index contributed by atoms with van der Waals surface area (Å²) in [6.45, 7) is 4.35. The van der Waals surface area contributed by atoms with Gasteiger partial charge in [0.15, 0.2) is 0 Å². The maximum Gasteiger partial charge on any atom is 0.305 e. The molecular formula is C24H40O4. The van der Waals surface area contributed by atoms with Crippen molar-refractivity contribution in [3.63, 3.8) is 0 Å². The van der Waals surface area contributed by atoms with E-state index in [-0.39, 0.29) is 11.9 Å². The molecule has 0 N–H and O–H groups in total. The number of ketones is 2. The molecule has 28 heavy (non-hydrogen) atoms. The quantitative estimate of drug-likeness (QED) is 0.200. The second kappa shape index (κ2) is 14.5. The van der Waals surface area contributed by atoms with E-state index in [4.69, 9.17) is 0 Å². The van der Waals surface area contributed by atoms with Gasteiger partial charge in [-0.3, -0.25) is 14.4 Å². The van der Waals surface area contributed by atoms with Crippen LogP contribution in [0.1, 0.15) is 97.3 Å². The summed E-state index contributed by atoms with van der Waals surface area (Å²) in [5.74, 6) is 1.30. The number of ether oxygens (including phenoxy) is 1. The first-order valence-electron chi connectivity index (χ1n) is 11.3. The summed E-state index contributed by atoms with van der Waals surface area (Å²) < 4.78 is 4.63. The van der Waals surface area contributed by atoms with Crippen LogP contribution in [0.4, 0.5) is 0 Å². The number of esters is 1. The van der Waals surface area contributed by atoms with Gasteiger partial charge in [-0.05, 0) is 43.9 Å². The number of rotatable bonds is 15. The van der Waals surface area contributed by atoms with Crippen molar-refractivity contribution in [3.8, 4) is 0 Å². The summed E-state index contributed by atoms with van der Waals surface area (Å²) in [4.78, 5) is 35.7. The summed E-state index contributed by atoms with van der Waals surface area (Å²) in [6.07, 6.45) is 15.6. The van der Waals surface area contributed by atoms with Crippen molar-refractivity contribution >= 4 is 17.5 Å². The first-order valence-corrected chi connectivity index (χ1v) is 11.3. The fraction of sp³-hybridized carbons (Fsp3) is 0.792. The van der Waals surface area contributed by atoms with Crippen molar-refractivity contribution in [1.82, 2.24) is 0 Å². The molecule has 0 aromatic carbocycles. The maximum absolute atomic E-state index is 12.4. The molecular weight excluding hydrogens is 352 g/mol. The Labute approximate surface area is 171 Å². The van der Waals surface area contributed by atoms with Crippen molar-refractivity contribution < 1.29 is 19.1 Å². The van der Waals surface area contributed by atoms with Crippen LogP contribution in [0, 0.1) is 17.8 Å². The van der Waals surface area contributed by atoms with E-state index in [0.717, 1.165) is 38.5 Å². The van der Waals surface area contributed by atoms with E-state index in [1.165, 1.54) is 26.4 Å². The van der Waals surface area contributed by atoms with Crippen LogP contribution < -0.4 is 0 Å². The Morgan fingerprint density at radius 3 is 2.50 bits per heavy atom. The first kappa shape index (κ1) is 24.6. The molecule has 1 aliphatic carbocycles. The lowest BCUT2D eigenvalue weighted by Gasteiger charge is -2.20. The molecule has 0 aromatic rings. The summed E-state index contributed by atoms with van der Waals surface area (Å²) in [5.41, 5.74) is 0.